The molecule has 3 heteroatoms. The second-order valence-electron chi connectivity index (χ2n) is 1.79. The topological polar surface area (TPSA) is 59.5 Å². The van der Waals surface area contributed by atoms with Gasteiger partial charge in [0.25, 0.3) is 0 Å². The molecule has 1 rings (SSSR count). The van der Waals surface area contributed by atoms with Gasteiger partial charge in [-0.2, -0.15) is 0 Å². The van der Waals surface area contributed by atoms with Crippen molar-refractivity contribution in [3.05, 3.63) is 0 Å². The molecular weight excluding hydrogens is 108 g/mol. The average Bonchev–Trinajstić information content (AvgIpc) is 2.42. The molecule has 0 aromatic carbocycles. The Morgan fingerprint density at radius 3 is 2.50 bits per heavy atom. The van der Waals surface area contributed by atoms with Gasteiger partial charge in [0.2, 0.25) is 0 Å². The first-order valence-electron chi connectivity index (χ1n) is 2.66. The van der Waals surface area contributed by atoms with Gasteiger partial charge in [0.15, 0.2) is 0 Å². The van der Waals surface area contributed by atoms with E-state index >= 15 is 0 Å². The normalized spacial score (nSPS) is 17.6. The zero-order valence-electron chi connectivity index (χ0n) is 4.71. The quantitative estimate of drug-likeness (QED) is 0.548. The van der Waals surface area contributed by atoms with Gasteiger partial charge in [-0.1, -0.05) is 0 Å². The molecule has 0 aliphatic heterocycles. The molecular formula is C5H11O3. The number of hydrogen-bond acceptors (Lipinski definition) is 2. The van der Waals surface area contributed by atoms with E-state index in [1.54, 1.807) is 0 Å². The molecule has 0 spiro atoms. The summed E-state index contributed by atoms with van der Waals surface area (Å²) in [6, 6.07) is 0. The summed E-state index contributed by atoms with van der Waals surface area (Å²) in [4.78, 5) is 0. The van der Waals surface area contributed by atoms with E-state index in [0.29, 0.717) is 12.7 Å². The lowest BCUT2D eigenvalue weighted by Crippen LogP contribution is -1.99. The van der Waals surface area contributed by atoms with Gasteiger partial charge in [-0.25, -0.2) is 0 Å². The molecule has 0 saturated heterocycles. The van der Waals surface area contributed by atoms with Crippen molar-refractivity contribution in [1.82, 2.24) is 0 Å². The fraction of sp³-hybridized carbons (Fsp3) is 1.00. The van der Waals surface area contributed by atoms with Crippen LogP contribution in [-0.4, -0.2) is 29.9 Å². The Morgan fingerprint density at radius 2 is 2.12 bits per heavy atom. The van der Waals surface area contributed by atoms with Crippen molar-refractivity contribution < 1.29 is 15.3 Å². The fourth-order valence-corrected chi connectivity index (χ4v) is 0.454. The summed E-state index contributed by atoms with van der Waals surface area (Å²) in [7, 11) is 0. The zero-order valence-corrected chi connectivity index (χ0v) is 4.71. The van der Waals surface area contributed by atoms with Crippen molar-refractivity contribution in [2.45, 2.75) is 18.9 Å². The molecule has 1 aliphatic carbocycles. The maximum absolute atomic E-state index is 8.22. The average molecular weight is 119 g/mol. The first-order valence-corrected chi connectivity index (χ1v) is 2.66. The first-order chi connectivity index (χ1) is 3.43. The predicted molar refractivity (Wildman–Crippen MR) is 28.0 cm³/mol. The maximum atomic E-state index is 8.22. The highest BCUT2D eigenvalue weighted by molar-refractivity contribution is 4.72. The van der Waals surface area contributed by atoms with Crippen molar-refractivity contribution in [3.8, 4) is 0 Å². The molecule has 0 bridgehead atoms. The van der Waals surface area contributed by atoms with Gasteiger partial charge < -0.3 is 9.84 Å². The van der Waals surface area contributed by atoms with Gasteiger partial charge in [0.1, 0.15) is 0 Å². The van der Waals surface area contributed by atoms with E-state index in [1.807, 2.05) is 0 Å². The van der Waals surface area contributed by atoms with Crippen LogP contribution in [0.25, 0.3) is 0 Å². The molecule has 1 saturated carbocycles. The molecule has 0 aromatic rings. The van der Waals surface area contributed by atoms with Crippen LogP contribution < -0.4 is 0 Å². The highest BCUT2D eigenvalue weighted by atomic mass is 16.5. The largest absolute Gasteiger partial charge is 0.394 e. The van der Waals surface area contributed by atoms with Gasteiger partial charge in [0.05, 0.1) is 19.3 Å². The fourth-order valence-electron chi connectivity index (χ4n) is 0.454. The SMILES string of the molecule is OCCOC1CC1.[OH]. The van der Waals surface area contributed by atoms with Crippen LogP contribution in [0.2, 0.25) is 0 Å². The Labute approximate surface area is 48.6 Å². The smallest absolute Gasteiger partial charge is 0.0701 e. The number of hydrogen-bond donors (Lipinski definition) is 2. The number of rotatable bonds is 3. The van der Waals surface area contributed by atoms with E-state index in [1.165, 1.54) is 12.8 Å². The Kier molecular flexibility index (Phi) is 3.77. The van der Waals surface area contributed by atoms with Gasteiger partial charge >= 0.3 is 0 Å². The van der Waals surface area contributed by atoms with E-state index in [4.69, 9.17) is 9.84 Å². The summed E-state index contributed by atoms with van der Waals surface area (Å²) >= 11 is 0. The number of aliphatic hydroxyl groups excluding tert-OH is 1. The molecule has 3 nitrogen and oxygen atoms in total. The summed E-state index contributed by atoms with van der Waals surface area (Å²) in [5, 5.41) is 8.22. The predicted octanol–water partition coefficient (Wildman–Crippen LogP) is -0.0191. The van der Waals surface area contributed by atoms with Gasteiger partial charge in [-0.05, 0) is 12.8 Å². The summed E-state index contributed by atoms with van der Waals surface area (Å²) in [6.45, 7) is 0.682. The van der Waals surface area contributed by atoms with E-state index in [0.717, 1.165) is 0 Å². The second kappa shape index (κ2) is 3.83. The highest BCUT2D eigenvalue weighted by Gasteiger charge is 2.20. The number of ether oxygens (including phenoxy) is 1. The van der Waals surface area contributed by atoms with Gasteiger partial charge in [-0.3, -0.25) is 5.48 Å². The van der Waals surface area contributed by atoms with E-state index < -0.39 is 0 Å². The molecule has 0 atom stereocenters. The summed E-state index contributed by atoms with van der Waals surface area (Å²) in [6.07, 6.45) is 2.88. The van der Waals surface area contributed by atoms with Crippen LogP contribution in [0.15, 0.2) is 0 Å². The Balaban J connectivity index is 0.000000490. The van der Waals surface area contributed by atoms with Crippen molar-refractivity contribution in [2.24, 2.45) is 0 Å². The monoisotopic (exact) mass is 119 g/mol. The number of aliphatic hydroxyl groups is 1. The van der Waals surface area contributed by atoms with E-state index in [9.17, 15) is 0 Å². The van der Waals surface area contributed by atoms with E-state index in [-0.39, 0.29) is 12.1 Å². The minimum absolute atomic E-state index is 0. The molecule has 0 unspecified atom stereocenters. The van der Waals surface area contributed by atoms with Crippen molar-refractivity contribution in [3.63, 3.8) is 0 Å². The summed E-state index contributed by atoms with van der Waals surface area (Å²) in [5.41, 5.74) is 0. The van der Waals surface area contributed by atoms with E-state index in [2.05, 4.69) is 0 Å². The second-order valence-corrected chi connectivity index (χ2v) is 1.79. The van der Waals surface area contributed by atoms with Crippen LogP contribution >= 0.6 is 0 Å². The van der Waals surface area contributed by atoms with Crippen LogP contribution in [0.5, 0.6) is 0 Å². The molecule has 1 aliphatic rings. The minimum atomic E-state index is 0. The minimum Gasteiger partial charge on any atom is -0.394 e. The first kappa shape index (κ1) is 7.88. The molecule has 0 amide bonds. The lowest BCUT2D eigenvalue weighted by atomic mass is 10.7. The van der Waals surface area contributed by atoms with Crippen LogP contribution in [0, 0.1) is 0 Å². The third-order valence-electron chi connectivity index (χ3n) is 0.969. The van der Waals surface area contributed by atoms with Crippen LogP contribution in [0.1, 0.15) is 12.8 Å². The van der Waals surface area contributed by atoms with Crippen molar-refractivity contribution in [1.29, 1.82) is 0 Å². The molecule has 49 valence electrons. The standard InChI is InChI=1S/C5H10O2.HO/c6-3-4-7-5-1-2-5;/h5-6H,1-4H2;1H. The third-order valence-corrected chi connectivity index (χ3v) is 0.969. The zero-order chi connectivity index (χ0) is 5.11. The maximum Gasteiger partial charge on any atom is 0.0701 e. The molecule has 8 heavy (non-hydrogen) atoms. The Hall–Kier alpha value is -0.120. The van der Waals surface area contributed by atoms with Crippen molar-refractivity contribution in [2.75, 3.05) is 13.2 Å². The highest BCUT2D eigenvalue weighted by Crippen LogP contribution is 2.22. The summed E-state index contributed by atoms with van der Waals surface area (Å²) < 4.78 is 5.05. The third kappa shape index (κ3) is 2.96. The van der Waals surface area contributed by atoms with Crippen LogP contribution in [0.4, 0.5) is 0 Å². The van der Waals surface area contributed by atoms with Crippen LogP contribution in [0.3, 0.4) is 0 Å². The Bertz CT molecular complexity index is 51.6. The molecule has 0 heterocycles. The molecule has 1 radical (unpaired) electrons. The van der Waals surface area contributed by atoms with Crippen LogP contribution in [-0.2, 0) is 4.74 Å². The summed E-state index contributed by atoms with van der Waals surface area (Å²) in [5.74, 6) is 0. The van der Waals surface area contributed by atoms with Gasteiger partial charge in [0, 0.05) is 0 Å². The lowest BCUT2D eigenvalue weighted by Gasteiger charge is -1.93. The molecule has 2 N–H and O–H groups in total. The van der Waals surface area contributed by atoms with Gasteiger partial charge in [-0.15, -0.1) is 0 Å². The Morgan fingerprint density at radius 1 is 1.50 bits per heavy atom. The lowest BCUT2D eigenvalue weighted by molar-refractivity contribution is 0.0808. The van der Waals surface area contributed by atoms with Crippen molar-refractivity contribution >= 4 is 0 Å². The molecule has 0 aromatic heterocycles. The molecule has 1 fully saturated rings.